The molecule has 0 bridgehead atoms. The monoisotopic (exact) mass is 485 g/mol. The number of aromatic nitrogens is 5. The average Bonchev–Trinajstić information content (AvgIpc) is 3.53. The molecule has 3 heterocycles. The lowest BCUT2D eigenvalue weighted by atomic mass is 10.1. The van der Waals surface area contributed by atoms with Gasteiger partial charge in [0, 0.05) is 29.6 Å². The van der Waals surface area contributed by atoms with Crippen molar-refractivity contribution in [3.8, 4) is 11.1 Å². The van der Waals surface area contributed by atoms with Crippen molar-refractivity contribution in [2.24, 2.45) is 0 Å². The molecule has 0 aliphatic heterocycles. The normalized spacial score (nSPS) is 11.0. The number of anilines is 3. The zero-order valence-corrected chi connectivity index (χ0v) is 19.8. The average molecular weight is 486 g/mol. The number of carbonyl (C=O) groups is 1. The van der Waals surface area contributed by atoms with Gasteiger partial charge >= 0.3 is 0 Å². The number of fused-ring (bicyclic) bond motifs is 2. The fraction of sp³-hybridized carbons (Fsp3) is 0.0345. The van der Waals surface area contributed by atoms with Crippen molar-refractivity contribution in [2.75, 3.05) is 10.6 Å². The summed E-state index contributed by atoms with van der Waals surface area (Å²) in [6, 6.07) is 23.9. The second-order valence-corrected chi connectivity index (χ2v) is 8.63. The zero-order valence-electron chi connectivity index (χ0n) is 19.8. The van der Waals surface area contributed by atoms with E-state index in [0.717, 1.165) is 45.5 Å². The summed E-state index contributed by atoms with van der Waals surface area (Å²) < 4.78 is 0. The molecule has 0 fully saturated rings. The lowest BCUT2D eigenvalue weighted by Gasteiger charge is -2.09. The maximum absolute atomic E-state index is 11.8. The van der Waals surface area contributed by atoms with Crippen molar-refractivity contribution in [1.82, 2.24) is 24.9 Å². The van der Waals surface area contributed by atoms with Crippen LogP contribution in [-0.4, -0.2) is 30.8 Å². The van der Waals surface area contributed by atoms with E-state index in [-0.39, 0.29) is 5.91 Å². The molecule has 0 radical (unpaired) electrons. The van der Waals surface area contributed by atoms with Crippen LogP contribution in [0.1, 0.15) is 11.4 Å². The van der Waals surface area contributed by atoms with Gasteiger partial charge in [-0.15, -0.1) is 0 Å². The van der Waals surface area contributed by atoms with Gasteiger partial charge in [0.15, 0.2) is 0 Å². The van der Waals surface area contributed by atoms with Gasteiger partial charge in [-0.2, -0.15) is 0 Å². The summed E-state index contributed by atoms with van der Waals surface area (Å²) in [6.07, 6.45) is 5.41. The SMILES string of the molecule is C=CC(=O)Nc1cccc(-c2c[nH]c3ncnc(Nc4ccc5nc(Cc6ccccc6)[nH]c5c4)c23)c1. The molecular weight excluding hydrogens is 462 g/mol. The highest BCUT2D eigenvalue weighted by atomic mass is 16.1. The summed E-state index contributed by atoms with van der Waals surface area (Å²) >= 11 is 0. The molecule has 8 nitrogen and oxygen atoms in total. The van der Waals surface area contributed by atoms with Gasteiger partial charge in [-0.25, -0.2) is 15.0 Å². The third-order valence-corrected chi connectivity index (χ3v) is 6.10. The maximum Gasteiger partial charge on any atom is 0.247 e. The Bertz CT molecular complexity index is 1750. The van der Waals surface area contributed by atoms with Crippen LogP contribution < -0.4 is 10.6 Å². The van der Waals surface area contributed by atoms with Gasteiger partial charge in [0.1, 0.15) is 23.6 Å². The van der Waals surface area contributed by atoms with Crippen LogP contribution in [0.5, 0.6) is 0 Å². The Balaban J connectivity index is 1.32. The first-order valence-electron chi connectivity index (χ1n) is 11.8. The van der Waals surface area contributed by atoms with Crippen LogP contribution in [-0.2, 0) is 11.2 Å². The standard InChI is InChI=1S/C29H23N7O/c1-2-26(37)33-20-10-6-9-19(14-20)22-16-30-28-27(22)29(32-17-31-28)34-21-11-12-23-24(15-21)36-25(35-23)13-18-7-4-3-5-8-18/h2-12,14-17H,1,13H2,(H,33,37)(H,35,36)(H2,30,31,32,34). The second-order valence-electron chi connectivity index (χ2n) is 8.63. The smallest absolute Gasteiger partial charge is 0.247 e. The number of hydrogen-bond acceptors (Lipinski definition) is 5. The van der Waals surface area contributed by atoms with Crippen LogP contribution in [0.25, 0.3) is 33.2 Å². The van der Waals surface area contributed by atoms with Crippen LogP contribution in [0.15, 0.2) is 98.0 Å². The molecular formula is C29H23N7O. The molecule has 0 atom stereocenters. The highest BCUT2D eigenvalue weighted by molar-refractivity contribution is 6.03. The topological polar surface area (TPSA) is 111 Å². The van der Waals surface area contributed by atoms with E-state index in [9.17, 15) is 4.79 Å². The van der Waals surface area contributed by atoms with E-state index < -0.39 is 0 Å². The molecule has 0 spiro atoms. The molecule has 8 heteroatoms. The van der Waals surface area contributed by atoms with Crippen molar-refractivity contribution < 1.29 is 4.79 Å². The van der Waals surface area contributed by atoms with Crippen LogP contribution >= 0.6 is 0 Å². The third kappa shape index (κ3) is 4.55. The van der Waals surface area contributed by atoms with E-state index in [1.54, 1.807) is 0 Å². The quantitative estimate of drug-likeness (QED) is 0.209. The minimum Gasteiger partial charge on any atom is -0.345 e. The Morgan fingerprint density at radius 3 is 2.73 bits per heavy atom. The van der Waals surface area contributed by atoms with E-state index >= 15 is 0 Å². The lowest BCUT2D eigenvalue weighted by Crippen LogP contribution is -2.06. The van der Waals surface area contributed by atoms with Gasteiger partial charge in [-0.3, -0.25) is 4.79 Å². The van der Waals surface area contributed by atoms with Crippen LogP contribution in [0.2, 0.25) is 0 Å². The predicted molar refractivity (Wildman–Crippen MR) is 147 cm³/mol. The number of amides is 1. The Morgan fingerprint density at radius 2 is 1.86 bits per heavy atom. The number of carbonyl (C=O) groups excluding carboxylic acids is 1. The van der Waals surface area contributed by atoms with Gasteiger partial charge in [0.2, 0.25) is 5.91 Å². The molecule has 4 N–H and O–H groups in total. The largest absolute Gasteiger partial charge is 0.345 e. The highest BCUT2D eigenvalue weighted by Gasteiger charge is 2.14. The molecule has 0 saturated heterocycles. The van der Waals surface area contributed by atoms with E-state index in [4.69, 9.17) is 4.98 Å². The van der Waals surface area contributed by atoms with Crippen molar-refractivity contribution in [2.45, 2.75) is 6.42 Å². The van der Waals surface area contributed by atoms with Crippen molar-refractivity contribution in [3.63, 3.8) is 0 Å². The van der Waals surface area contributed by atoms with Gasteiger partial charge in [-0.1, -0.05) is 49.0 Å². The van der Waals surface area contributed by atoms with E-state index in [0.29, 0.717) is 17.2 Å². The van der Waals surface area contributed by atoms with Crippen LogP contribution in [0.4, 0.5) is 17.2 Å². The first-order valence-corrected chi connectivity index (χ1v) is 11.8. The molecule has 6 rings (SSSR count). The van der Waals surface area contributed by atoms with E-state index in [2.05, 4.69) is 49.3 Å². The summed E-state index contributed by atoms with van der Waals surface area (Å²) in [5.74, 6) is 1.33. The second kappa shape index (κ2) is 9.43. The van der Waals surface area contributed by atoms with Gasteiger partial charge < -0.3 is 20.6 Å². The van der Waals surface area contributed by atoms with Crippen molar-refractivity contribution in [1.29, 1.82) is 0 Å². The predicted octanol–water partition coefficient (Wildman–Crippen LogP) is 5.96. The van der Waals surface area contributed by atoms with Crippen LogP contribution in [0.3, 0.4) is 0 Å². The Labute approximate surface area is 212 Å². The molecule has 180 valence electrons. The fourth-order valence-corrected chi connectivity index (χ4v) is 4.39. The molecule has 0 saturated carbocycles. The number of hydrogen-bond donors (Lipinski definition) is 4. The van der Waals surface area contributed by atoms with Crippen molar-refractivity contribution in [3.05, 3.63) is 109 Å². The Kier molecular flexibility index (Phi) is 5.67. The highest BCUT2D eigenvalue weighted by Crippen LogP contribution is 2.34. The number of rotatable bonds is 7. The molecule has 3 aromatic carbocycles. The third-order valence-electron chi connectivity index (χ3n) is 6.10. The molecule has 0 unspecified atom stereocenters. The first-order chi connectivity index (χ1) is 18.2. The number of benzene rings is 3. The molecule has 0 aliphatic carbocycles. The summed E-state index contributed by atoms with van der Waals surface area (Å²) in [7, 11) is 0. The molecule has 6 aromatic rings. The molecule has 3 aromatic heterocycles. The molecule has 0 aliphatic rings. The Hall–Kier alpha value is -5.24. The number of H-pyrrole nitrogens is 2. The summed E-state index contributed by atoms with van der Waals surface area (Å²) in [6.45, 7) is 3.51. The van der Waals surface area contributed by atoms with Crippen molar-refractivity contribution >= 4 is 45.2 Å². The number of aromatic amines is 2. The first kappa shape index (κ1) is 22.2. The number of imidazole rings is 1. The lowest BCUT2D eigenvalue weighted by molar-refractivity contribution is -0.111. The van der Waals surface area contributed by atoms with E-state index in [1.807, 2.05) is 66.9 Å². The number of nitrogens with one attached hydrogen (secondary N) is 4. The van der Waals surface area contributed by atoms with Gasteiger partial charge in [-0.05, 0) is 47.5 Å². The zero-order chi connectivity index (χ0) is 25.2. The summed E-state index contributed by atoms with van der Waals surface area (Å²) in [5.41, 5.74) is 7.16. The number of nitrogens with zero attached hydrogens (tertiary/aromatic N) is 3. The minimum atomic E-state index is -0.261. The van der Waals surface area contributed by atoms with Crippen LogP contribution in [0, 0.1) is 0 Å². The summed E-state index contributed by atoms with van der Waals surface area (Å²) in [4.78, 5) is 32.1. The maximum atomic E-state index is 11.8. The Morgan fingerprint density at radius 1 is 0.973 bits per heavy atom. The van der Waals surface area contributed by atoms with Gasteiger partial charge in [0.05, 0.1) is 16.4 Å². The molecule has 37 heavy (non-hydrogen) atoms. The minimum absolute atomic E-state index is 0.261. The van der Waals surface area contributed by atoms with Gasteiger partial charge in [0.25, 0.3) is 0 Å². The summed E-state index contributed by atoms with van der Waals surface area (Å²) in [5, 5.41) is 7.11. The van der Waals surface area contributed by atoms with E-state index in [1.165, 1.54) is 18.0 Å². The molecule has 1 amide bonds. The fourth-order valence-electron chi connectivity index (χ4n) is 4.39.